The smallest absolute Gasteiger partial charge is 0.191 e. The molecule has 0 aliphatic carbocycles. The molecule has 1 atom stereocenters. The van der Waals surface area contributed by atoms with Gasteiger partial charge in [0.25, 0.3) is 0 Å². The summed E-state index contributed by atoms with van der Waals surface area (Å²) in [5.41, 5.74) is 0.932. The van der Waals surface area contributed by atoms with Gasteiger partial charge < -0.3 is 20.1 Å². The molecule has 29 heavy (non-hydrogen) atoms. The minimum atomic E-state index is 0.412. The predicted octanol–water partition coefficient (Wildman–Crippen LogP) is 1.26. The van der Waals surface area contributed by atoms with Crippen molar-refractivity contribution >= 4 is 5.96 Å². The molecule has 0 saturated carbocycles. The van der Waals surface area contributed by atoms with Crippen LogP contribution in [0.4, 0.5) is 0 Å². The molecule has 1 aromatic heterocycles. The van der Waals surface area contributed by atoms with Gasteiger partial charge in [-0.15, -0.1) is 0 Å². The lowest BCUT2D eigenvalue weighted by Crippen LogP contribution is -2.49. The van der Waals surface area contributed by atoms with Crippen molar-refractivity contribution in [3.8, 4) is 17.1 Å². The Morgan fingerprint density at radius 3 is 2.72 bits per heavy atom. The molecule has 9 nitrogen and oxygen atoms in total. The molecule has 9 heteroatoms. The Hall–Kier alpha value is -2.65. The summed E-state index contributed by atoms with van der Waals surface area (Å²) < 4.78 is 10.6. The topological polar surface area (TPSA) is 99.7 Å². The van der Waals surface area contributed by atoms with E-state index in [1.165, 1.54) is 0 Å². The molecule has 1 saturated heterocycles. The molecule has 0 amide bonds. The van der Waals surface area contributed by atoms with Crippen LogP contribution in [0.15, 0.2) is 29.3 Å². The number of methoxy groups -OCH3 is 1. The number of hydrogen-bond donors (Lipinski definition) is 3. The zero-order valence-electron chi connectivity index (χ0n) is 17.4. The number of guanidine groups is 1. The lowest BCUT2D eigenvalue weighted by molar-refractivity contribution is 0.0211. The van der Waals surface area contributed by atoms with Crippen LogP contribution in [0.2, 0.25) is 0 Å². The summed E-state index contributed by atoms with van der Waals surface area (Å²) >= 11 is 0. The predicted molar refractivity (Wildman–Crippen MR) is 113 cm³/mol. The number of H-pyrrole nitrogens is 1. The summed E-state index contributed by atoms with van der Waals surface area (Å²) in [7, 11) is 1.65. The molecule has 3 N–H and O–H groups in total. The molecule has 1 aliphatic heterocycles. The molecule has 2 heterocycles. The second-order valence-corrected chi connectivity index (χ2v) is 6.91. The molecule has 3 rings (SSSR count). The highest BCUT2D eigenvalue weighted by Gasteiger charge is 2.17. The lowest BCUT2D eigenvalue weighted by Gasteiger charge is -2.32. The Bertz CT molecular complexity index is 769. The maximum absolute atomic E-state index is 5.43. The van der Waals surface area contributed by atoms with Crippen LogP contribution in [-0.4, -0.2) is 78.6 Å². The standard InChI is InChI=1S/C20H31N7O2/c1-4-21-20(22-13-15(2)27-9-11-29-12-10-27)23-14-18-24-19(26-25-18)16-5-7-17(28-3)8-6-16/h5-8,15H,4,9-14H2,1-3H3,(H2,21,22,23)(H,24,25,26). The first-order chi connectivity index (χ1) is 14.2. The fourth-order valence-corrected chi connectivity index (χ4v) is 3.12. The number of morpholine rings is 1. The van der Waals surface area contributed by atoms with E-state index in [1.54, 1.807) is 7.11 Å². The molecule has 1 aliphatic rings. The van der Waals surface area contributed by atoms with Crippen molar-refractivity contribution in [1.29, 1.82) is 0 Å². The maximum Gasteiger partial charge on any atom is 0.191 e. The van der Waals surface area contributed by atoms with E-state index in [4.69, 9.17) is 9.47 Å². The molecule has 158 valence electrons. The van der Waals surface area contributed by atoms with E-state index in [-0.39, 0.29) is 0 Å². The monoisotopic (exact) mass is 401 g/mol. The van der Waals surface area contributed by atoms with Crippen molar-refractivity contribution < 1.29 is 9.47 Å². The van der Waals surface area contributed by atoms with Crippen LogP contribution in [0.1, 0.15) is 19.7 Å². The molecule has 0 spiro atoms. The van der Waals surface area contributed by atoms with Crippen molar-refractivity contribution in [3.05, 3.63) is 30.1 Å². The molecule has 2 aromatic rings. The van der Waals surface area contributed by atoms with Crippen molar-refractivity contribution in [2.24, 2.45) is 4.99 Å². The van der Waals surface area contributed by atoms with Gasteiger partial charge in [0.1, 0.15) is 18.1 Å². The Morgan fingerprint density at radius 2 is 2.03 bits per heavy atom. The molecule has 1 aromatic carbocycles. The molecule has 0 bridgehead atoms. The van der Waals surface area contributed by atoms with Crippen LogP contribution >= 0.6 is 0 Å². The van der Waals surface area contributed by atoms with E-state index in [9.17, 15) is 0 Å². The van der Waals surface area contributed by atoms with Gasteiger partial charge in [-0.3, -0.25) is 10.00 Å². The minimum absolute atomic E-state index is 0.412. The third kappa shape index (κ3) is 6.16. The quantitative estimate of drug-likeness (QED) is 0.452. The lowest BCUT2D eigenvalue weighted by atomic mass is 10.2. The fourth-order valence-electron chi connectivity index (χ4n) is 3.12. The zero-order valence-corrected chi connectivity index (χ0v) is 17.4. The summed E-state index contributed by atoms with van der Waals surface area (Å²) in [6.45, 7) is 9.87. The van der Waals surface area contributed by atoms with Crippen molar-refractivity contribution in [2.45, 2.75) is 26.4 Å². The van der Waals surface area contributed by atoms with Gasteiger partial charge in [0, 0.05) is 37.8 Å². The second-order valence-electron chi connectivity index (χ2n) is 6.91. The summed E-state index contributed by atoms with van der Waals surface area (Å²) in [5, 5.41) is 14.0. The molecule has 1 fully saturated rings. The SMILES string of the molecule is CCNC(=NCc1nc(-c2ccc(OC)cc2)n[nH]1)NCC(C)N1CCOCC1. The normalized spacial score (nSPS) is 16.4. The van der Waals surface area contributed by atoms with Crippen LogP contribution in [0.25, 0.3) is 11.4 Å². The molecular weight excluding hydrogens is 370 g/mol. The zero-order chi connectivity index (χ0) is 20.5. The number of aromatic amines is 1. The van der Waals surface area contributed by atoms with E-state index < -0.39 is 0 Å². The Kier molecular flexibility index (Phi) is 7.83. The highest BCUT2D eigenvalue weighted by Crippen LogP contribution is 2.19. The third-order valence-corrected chi connectivity index (χ3v) is 4.85. The largest absolute Gasteiger partial charge is 0.497 e. The van der Waals surface area contributed by atoms with E-state index >= 15 is 0 Å². The van der Waals surface area contributed by atoms with Gasteiger partial charge in [0.15, 0.2) is 11.8 Å². The van der Waals surface area contributed by atoms with E-state index in [0.717, 1.165) is 56.7 Å². The van der Waals surface area contributed by atoms with Crippen LogP contribution in [0.3, 0.4) is 0 Å². The average molecular weight is 402 g/mol. The molecular formula is C20H31N7O2. The first kappa shape index (κ1) is 21.1. The number of nitrogens with zero attached hydrogens (tertiary/aromatic N) is 4. The number of aromatic nitrogens is 3. The number of nitrogens with one attached hydrogen (secondary N) is 3. The molecule has 1 unspecified atom stereocenters. The fraction of sp³-hybridized carbons (Fsp3) is 0.550. The van der Waals surface area contributed by atoms with Gasteiger partial charge in [-0.2, -0.15) is 5.10 Å². The Labute approximate surface area is 171 Å². The first-order valence-electron chi connectivity index (χ1n) is 10.1. The van der Waals surface area contributed by atoms with Gasteiger partial charge in [-0.25, -0.2) is 9.98 Å². The second kappa shape index (κ2) is 10.8. The van der Waals surface area contributed by atoms with Crippen molar-refractivity contribution in [3.63, 3.8) is 0 Å². The summed E-state index contributed by atoms with van der Waals surface area (Å²) in [5.74, 6) is 2.95. The van der Waals surface area contributed by atoms with Gasteiger partial charge in [-0.1, -0.05) is 0 Å². The van der Waals surface area contributed by atoms with E-state index in [0.29, 0.717) is 24.2 Å². The maximum atomic E-state index is 5.43. The first-order valence-corrected chi connectivity index (χ1v) is 10.1. The van der Waals surface area contributed by atoms with Crippen LogP contribution in [0.5, 0.6) is 5.75 Å². The summed E-state index contributed by atoms with van der Waals surface area (Å²) in [4.78, 5) is 11.6. The summed E-state index contributed by atoms with van der Waals surface area (Å²) in [6, 6.07) is 8.08. The minimum Gasteiger partial charge on any atom is -0.497 e. The van der Waals surface area contributed by atoms with Crippen molar-refractivity contribution in [1.82, 2.24) is 30.7 Å². The van der Waals surface area contributed by atoms with Gasteiger partial charge in [0.05, 0.1) is 20.3 Å². The number of rotatable bonds is 8. The highest BCUT2D eigenvalue weighted by molar-refractivity contribution is 5.79. The number of aliphatic imine (C=N–C) groups is 1. The Balaban J connectivity index is 1.56. The summed E-state index contributed by atoms with van der Waals surface area (Å²) in [6.07, 6.45) is 0. The average Bonchev–Trinajstić information content (AvgIpc) is 3.25. The number of benzene rings is 1. The Morgan fingerprint density at radius 1 is 1.28 bits per heavy atom. The van der Waals surface area contributed by atoms with Crippen molar-refractivity contribution in [2.75, 3.05) is 46.5 Å². The van der Waals surface area contributed by atoms with Gasteiger partial charge >= 0.3 is 0 Å². The number of hydrogen-bond acceptors (Lipinski definition) is 6. The third-order valence-electron chi connectivity index (χ3n) is 4.85. The van der Waals surface area contributed by atoms with Crippen LogP contribution in [-0.2, 0) is 11.3 Å². The van der Waals surface area contributed by atoms with E-state index in [1.807, 2.05) is 24.3 Å². The van der Waals surface area contributed by atoms with Gasteiger partial charge in [-0.05, 0) is 38.1 Å². The van der Waals surface area contributed by atoms with Gasteiger partial charge in [0.2, 0.25) is 0 Å². The van der Waals surface area contributed by atoms with Crippen LogP contribution in [0, 0.1) is 0 Å². The molecule has 0 radical (unpaired) electrons. The van der Waals surface area contributed by atoms with Crippen LogP contribution < -0.4 is 15.4 Å². The number of ether oxygens (including phenoxy) is 2. The highest BCUT2D eigenvalue weighted by atomic mass is 16.5. The van der Waals surface area contributed by atoms with E-state index in [2.05, 4.69) is 49.6 Å².